The Bertz CT molecular complexity index is 929. The molecule has 0 atom stereocenters. The van der Waals surface area contributed by atoms with Crippen molar-refractivity contribution in [2.24, 2.45) is 0 Å². The Kier molecular flexibility index (Phi) is 5.49. The summed E-state index contributed by atoms with van der Waals surface area (Å²) in [5.41, 5.74) is 3.85. The quantitative estimate of drug-likeness (QED) is 0.662. The van der Waals surface area contributed by atoms with Gasteiger partial charge in [-0.1, -0.05) is 41.4 Å². The molecule has 0 spiro atoms. The molecule has 1 amide bonds. The molecule has 0 aliphatic rings. The normalized spacial score (nSPS) is 10.4. The van der Waals surface area contributed by atoms with E-state index in [1.807, 2.05) is 25.1 Å². The molecule has 6 heteroatoms. The molecule has 0 aliphatic carbocycles. The molecule has 26 heavy (non-hydrogen) atoms. The zero-order chi connectivity index (χ0) is 18.5. The van der Waals surface area contributed by atoms with Gasteiger partial charge in [-0.3, -0.25) is 4.79 Å². The van der Waals surface area contributed by atoms with Gasteiger partial charge in [-0.15, -0.1) is 0 Å². The fourth-order valence-corrected chi connectivity index (χ4v) is 2.61. The molecule has 0 saturated heterocycles. The second-order valence-corrected chi connectivity index (χ2v) is 6.26. The van der Waals surface area contributed by atoms with Gasteiger partial charge in [0.15, 0.2) is 0 Å². The number of benzene rings is 2. The highest BCUT2D eigenvalue weighted by molar-refractivity contribution is 6.31. The fraction of sp³-hybridized carbons (Fsp3) is 0.100. The number of halogens is 2. The van der Waals surface area contributed by atoms with Crippen molar-refractivity contribution in [3.05, 3.63) is 88.5 Å². The molecule has 0 aliphatic heterocycles. The number of rotatable bonds is 5. The first kappa shape index (κ1) is 17.9. The number of hydrogen-bond acceptors (Lipinski definition) is 3. The minimum Gasteiger partial charge on any atom is -0.380 e. The Hall–Kier alpha value is -2.92. The summed E-state index contributed by atoms with van der Waals surface area (Å²) in [7, 11) is 0. The molecule has 132 valence electrons. The minimum absolute atomic E-state index is 0.0496. The molecule has 3 aromatic rings. The van der Waals surface area contributed by atoms with Gasteiger partial charge in [0.25, 0.3) is 5.91 Å². The molecule has 0 radical (unpaired) electrons. The summed E-state index contributed by atoms with van der Waals surface area (Å²) in [4.78, 5) is 16.4. The molecule has 2 aromatic carbocycles. The van der Waals surface area contributed by atoms with Gasteiger partial charge in [0.2, 0.25) is 0 Å². The van der Waals surface area contributed by atoms with Crippen molar-refractivity contribution in [2.75, 3.05) is 10.6 Å². The number of amides is 1. The molecular weight excluding hydrogens is 353 g/mol. The maximum atomic E-state index is 13.2. The Morgan fingerprint density at radius 3 is 2.62 bits per heavy atom. The summed E-state index contributed by atoms with van der Waals surface area (Å²) in [5, 5.41) is 5.85. The molecule has 3 rings (SSSR count). The predicted molar refractivity (Wildman–Crippen MR) is 102 cm³/mol. The average Bonchev–Trinajstić information content (AvgIpc) is 2.63. The van der Waals surface area contributed by atoms with Crippen molar-refractivity contribution in [3.63, 3.8) is 0 Å². The molecule has 1 heterocycles. The van der Waals surface area contributed by atoms with Crippen LogP contribution in [0, 0.1) is 12.7 Å². The second kappa shape index (κ2) is 7.97. The average molecular weight is 370 g/mol. The zero-order valence-corrected chi connectivity index (χ0v) is 14.8. The van der Waals surface area contributed by atoms with Gasteiger partial charge in [0.1, 0.15) is 11.5 Å². The highest BCUT2D eigenvalue weighted by Gasteiger charge is 2.09. The second-order valence-electron chi connectivity index (χ2n) is 5.86. The first-order valence-corrected chi connectivity index (χ1v) is 8.41. The maximum Gasteiger partial charge on any atom is 0.274 e. The smallest absolute Gasteiger partial charge is 0.274 e. The van der Waals surface area contributed by atoms with Crippen LogP contribution in [0.15, 0.2) is 60.8 Å². The number of nitrogens with one attached hydrogen (secondary N) is 2. The third-order valence-corrected chi connectivity index (χ3v) is 4.04. The lowest BCUT2D eigenvalue weighted by molar-refractivity contribution is 0.102. The van der Waals surface area contributed by atoms with E-state index in [1.165, 1.54) is 29.3 Å². The summed E-state index contributed by atoms with van der Waals surface area (Å²) in [6.45, 7) is 2.72. The van der Waals surface area contributed by atoms with Crippen LogP contribution in [0.25, 0.3) is 0 Å². The molecule has 0 bridgehead atoms. The van der Waals surface area contributed by atoms with Gasteiger partial charge in [0.05, 0.1) is 16.9 Å². The van der Waals surface area contributed by atoms with Crippen LogP contribution in [0.4, 0.5) is 15.8 Å². The Morgan fingerprint density at radius 2 is 1.92 bits per heavy atom. The molecular formula is C20H17ClFN3O. The van der Waals surface area contributed by atoms with Gasteiger partial charge in [-0.25, -0.2) is 9.37 Å². The lowest BCUT2D eigenvalue weighted by atomic mass is 10.1. The topological polar surface area (TPSA) is 54.0 Å². The number of pyridine rings is 1. The molecule has 0 saturated carbocycles. The number of aryl methyl sites for hydroxylation is 1. The van der Waals surface area contributed by atoms with Gasteiger partial charge >= 0.3 is 0 Å². The van der Waals surface area contributed by atoms with Crippen LogP contribution in [0.2, 0.25) is 5.02 Å². The van der Waals surface area contributed by atoms with Crippen LogP contribution >= 0.6 is 11.6 Å². The number of carbonyl (C=O) groups is 1. The zero-order valence-electron chi connectivity index (χ0n) is 14.1. The van der Waals surface area contributed by atoms with E-state index < -0.39 is 11.7 Å². The number of carbonyl (C=O) groups excluding carboxylic acids is 1. The van der Waals surface area contributed by atoms with E-state index >= 15 is 0 Å². The minimum atomic E-state index is -0.535. The lowest BCUT2D eigenvalue weighted by Crippen LogP contribution is -2.13. The summed E-state index contributed by atoms with van der Waals surface area (Å²) >= 11 is 5.71. The van der Waals surface area contributed by atoms with Gasteiger partial charge in [-0.2, -0.15) is 0 Å². The summed E-state index contributed by atoms with van der Waals surface area (Å²) in [6, 6.07) is 15.6. The van der Waals surface area contributed by atoms with Gasteiger partial charge in [0, 0.05) is 12.2 Å². The van der Waals surface area contributed by atoms with Crippen LogP contribution in [0.1, 0.15) is 21.6 Å². The van der Waals surface area contributed by atoms with Crippen molar-refractivity contribution in [1.29, 1.82) is 0 Å². The summed E-state index contributed by atoms with van der Waals surface area (Å²) in [6.07, 6.45) is 1.60. The van der Waals surface area contributed by atoms with Crippen LogP contribution in [-0.4, -0.2) is 10.9 Å². The van der Waals surface area contributed by atoms with Gasteiger partial charge < -0.3 is 10.6 Å². The third kappa shape index (κ3) is 4.58. The van der Waals surface area contributed by atoms with Crippen molar-refractivity contribution < 1.29 is 9.18 Å². The monoisotopic (exact) mass is 369 g/mol. The Morgan fingerprint density at radius 1 is 1.12 bits per heavy atom. The van der Waals surface area contributed by atoms with Crippen LogP contribution in [0.3, 0.4) is 0 Å². The largest absolute Gasteiger partial charge is 0.380 e. The molecule has 4 nitrogen and oxygen atoms in total. The number of aromatic nitrogens is 1. The van der Waals surface area contributed by atoms with E-state index in [0.29, 0.717) is 12.2 Å². The third-order valence-electron chi connectivity index (χ3n) is 3.75. The molecule has 1 aromatic heterocycles. The highest BCUT2D eigenvalue weighted by Crippen LogP contribution is 2.20. The molecule has 2 N–H and O–H groups in total. The van der Waals surface area contributed by atoms with Crippen LogP contribution in [0.5, 0.6) is 0 Å². The van der Waals surface area contributed by atoms with E-state index in [-0.39, 0.29) is 10.7 Å². The fourth-order valence-electron chi connectivity index (χ4n) is 2.43. The van der Waals surface area contributed by atoms with Crippen LogP contribution in [-0.2, 0) is 6.54 Å². The van der Waals surface area contributed by atoms with Gasteiger partial charge in [-0.05, 0) is 42.8 Å². The summed E-state index contributed by atoms with van der Waals surface area (Å²) in [5.74, 6) is -0.926. The van der Waals surface area contributed by atoms with E-state index in [0.717, 1.165) is 5.69 Å². The lowest BCUT2D eigenvalue weighted by Gasteiger charge is -2.08. The first-order chi connectivity index (χ1) is 12.5. The van der Waals surface area contributed by atoms with E-state index in [1.54, 1.807) is 18.3 Å². The van der Waals surface area contributed by atoms with Crippen LogP contribution < -0.4 is 10.6 Å². The summed E-state index contributed by atoms with van der Waals surface area (Å²) < 4.78 is 13.2. The number of hydrogen-bond donors (Lipinski definition) is 2. The predicted octanol–water partition coefficient (Wildman–Crippen LogP) is 5.05. The Balaban J connectivity index is 1.61. The highest BCUT2D eigenvalue weighted by atomic mass is 35.5. The Labute approximate surface area is 156 Å². The molecule has 0 unspecified atom stereocenters. The van der Waals surface area contributed by atoms with Crippen molar-refractivity contribution >= 4 is 28.9 Å². The van der Waals surface area contributed by atoms with Crippen molar-refractivity contribution in [3.8, 4) is 0 Å². The van der Waals surface area contributed by atoms with E-state index in [2.05, 4.69) is 21.7 Å². The van der Waals surface area contributed by atoms with Crippen molar-refractivity contribution in [2.45, 2.75) is 13.5 Å². The van der Waals surface area contributed by atoms with Crippen molar-refractivity contribution in [1.82, 2.24) is 4.98 Å². The SMILES string of the molecule is Cc1cccc(CNc2ccc(C(=O)Nc3ccc(F)c(Cl)c3)nc2)c1. The number of nitrogens with zero attached hydrogens (tertiary/aromatic N) is 1. The standard InChI is InChI=1S/C20H17ClFN3O/c1-13-3-2-4-14(9-13)11-23-16-6-8-19(24-12-16)20(26)25-15-5-7-18(22)17(21)10-15/h2-10,12,23H,11H2,1H3,(H,25,26). The first-order valence-electron chi connectivity index (χ1n) is 8.03. The number of anilines is 2. The van der Waals surface area contributed by atoms with E-state index in [9.17, 15) is 9.18 Å². The maximum absolute atomic E-state index is 13.2. The molecule has 0 fully saturated rings. The van der Waals surface area contributed by atoms with E-state index in [4.69, 9.17) is 11.6 Å².